The molecule has 2 amide bonds. The van der Waals surface area contributed by atoms with Gasteiger partial charge in [-0.05, 0) is 67.3 Å². The van der Waals surface area contributed by atoms with Crippen LogP contribution in [-0.2, 0) is 32.6 Å². The van der Waals surface area contributed by atoms with Crippen LogP contribution in [0.5, 0.6) is 0 Å². The quantitative estimate of drug-likeness (QED) is 0.159. The number of benzene rings is 4. The van der Waals surface area contributed by atoms with Gasteiger partial charge >= 0.3 is 0 Å². The van der Waals surface area contributed by atoms with Gasteiger partial charge in [0.15, 0.2) is 0 Å². The molecule has 0 aliphatic heterocycles. The zero-order chi connectivity index (χ0) is 34.3. The van der Waals surface area contributed by atoms with Gasteiger partial charge < -0.3 is 10.2 Å². The molecule has 5 rings (SSSR count). The number of anilines is 1. The van der Waals surface area contributed by atoms with E-state index in [9.17, 15) is 18.0 Å². The molecule has 1 fully saturated rings. The van der Waals surface area contributed by atoms with E-state index in [1.54, 1.807) is 36.4 Å². The second-order valence-electron chi connectivity index (χ2n) is 12.1. The van der Waals surface area contributed by atoms with Crippen molar-refractivity contribution in [3.63, 3.8) is 0 Å². The summed E-state index contributed by atoms with van der Waals surface area (Å²) in [5.74, 6) is -0.897. The van der Waals surface area contributed by atoms with E-state index in [-0.39, 0.29) is 45.5 Å². The van der Waals surface area contributed by atoms with Gasteiger partial charge in [0.25, 0.3) is 10.0 Å². The van der Waals surface area contributed by atoms with Crippen molar-refractivity contribution in [2.45, 2.75) is 69.0 Å². The lowest BCUT2D eigenvalue weighted by Crippen LogP contribution is -2.55. The lowest BCUT2D eigenvalue weighted by Gasteiger charge is -2.35. The highest BCUT2D eigenvalue weighted by molar-refractivity contribution is 7.92. The zero-order valence-corrected chi connectivity index (χ0v) is 29.7. The smallest absolute Gasteiger partial charge is 0.264 e. The van der Waals surface area contributed by atoms with Gasteiger partial charge in [0.1, 0.15) is 12.6 Å². The number of nitrogens with zero attached hydrogens (tertiary/aromatic N) is 2. The first-order valence-electron chi connectivity index (χ1n) is 15.9. The fourth-order valence-corrected chi connectivity index (χ4v) is 8.07. The number of hydrogen-bond donors (Lipinski definition) is 1. The van der Waals surface area contributed by atoms with Gasteiger partial charge in [0.05, 0.1) is 10.6 Å². The van der Waals surface area contributed by atoms with Gasteiger partial charge in [-0.25, -0.2) is 8.42 Å². The summed E-state index contributed by atoms with van der Waals surface area (Å²) in [6.07, 6.45) is 5.09. The SMILES string of the molecule is Cc1ccc(S(=O)(=O)N(CC(=O)N(Cc2ccccc2Cl)[C@@H](Cc2ccccc2)C(=O)NC2CCCCC2)c2cc(Cl)cc(Cl)c2)cc1. The topological polar surface area (TPSA) is 86.8 Å². The highest BCUT2D eigenvalue weighted by Gasteiger charge is 2.36. The van der Waals surface area contributed by atoms with Crippen molar-refractivity contribution in [1.82, 2.24) is 10.2 Å². The third-order valence-electron chi connectivity index (χ3n) is 8.54. The molecule has 1 aliphatic carbocycles. The van der Waals surface area contributed by atoms with Crippen LogP contribution in [0.1, 0.15) is 48.8 Å². The van der Waals surface area contributed by atoms with E-state index in [2.05, 4.69) is 5.32 Å². The minimum absolute atomic E-state index is 0.00574. The molecular formula is C37H38Cl3N3O4S. The Hall–Kier alpha value is -3.56. The summed E-state index contributed by atoms with van der Waals surface area (Å²) < 4.78 is 29.5. The van der Waals surface area contributed by atoms with Crippen molar-refractivity contribution >= 4 is 62.3 Å². The van der Waals surface area contributed by atoms with Crippen molar-refractivity contribution in [2.24, 2.45) is 0 Å². The molecule has 4 aromatic rings. The zero-order valence-electron chi connectivity index (χ0n) is 26.6. The summed E-state index contributed by atoms with van der Waals surface area (Å²) in [7, 11) is -4.30. The lowest BCUT2D eigenvalue weighted by molar-refractivity contribution is -0.140. The van der Waals surface area contributed by atoms with Gasteiger partial charge in [0, 0.05) is 34.1 Å². The number of carbonyl (C=O) groups excluding carboxylic acids is 2. The van der Waals surface area contributed by atoms with Crippen molar-refractivity contribution < 1.29 is 18.0 Å². The summed E-state index contributed by atoms with van der Waals surface area (Å²) in [6, 6.07) is 26.3. The van der Waals surface area contributed by atoms with E-state index < -0.39 is 28.5 Å². The molecule has 0 heterocycles. The van der Waals surface area contributed by atoms with Crippen LogP contribution < -0.4 is 9.62 Å². The van der Waals surface area contributed by atoms with E-state index >= 15 is 0 Å². The Kier molecular flexibility index (Phi) is 12.1. The number of nitrogens with one attached hydrogen (secondary N) is 1. The van der Waals surface area contributed by atoms with E-state index in [0.29, 0.717) is 10.6 Å². The summed E-state index contributed by atoms with van der Waals surface area (Å²) in [4.78, 5) is 30.4. The van der Waals surface area contributed by atoms with Crippen molar-refractivity contribution in [3.05, 3.63) is 129 Å². The molecule has 1 saturated carbocycles. The molecular weight excluding hydrogens is 689 g/mol. The average Bonchev–Trinajstić information content (AvgIpc) is 3.06. The molecule has 48 heavy (non-hydrogen) atoms. The lowest BCUT2D eigenvalue weighted by atomic mass is 9.94. The van der Waals surface area contributed by atoms with Crippen molar-refractivity contribution in [2.75, 3.05) is 10.8 Å². The number of carbonyl (C=O) groups is 2. The fourth-order valence-electron chi connectivity index (χ4n) is 5.96. The maximum Gasteiger partial charge on any atom is 0.264 e. The van der Waals surface area contributed by atoms with E-state index in [4.69, 9.17) is 34.8 Å². The Morgan fingerprint density at radius 1 is 0.833 bits per heavy atom. The van der Waals surface area contributed by atoms with Gasteiger partial charge in [0.2, 0.25) is 11.8 Å². The molecule has 11 heteroatoms. The Bertz CT molecular complexity index is 1810. The molecule has 1 aliphatic rings. The van der Waals surface area contributed by atoms with E-state index in [1.165, 1.54) is 35.2 Å². The van der Waals surface area contributed by atoms with E-state index in [0.717, 1.165) is 47.5 Å². The molecule has 0 bridgehead atoms. The molecule has 1 atom stereocenters. The molecule has 0 spiro atoms. The Morgan fingerprint density at radius 2 is 1.46 bits per heavy atom. The third-order valence-corrected chi connectivity index (χ3v) is 11.1. The fraction of sp³-hybridized carbons (Fsp3) is 0.297. The molecule has 0 unspecified atom stereocenters. The Labute approximate surface area is 297 Å². The van der Waals surface area contributed by atoms with Crippen LogP contribution in [0, 0.1) is 6.92 Å². The Balaban J connectivity index is 1.59. The van der Waals surface area contributed by atoms with Gasteiger partial charge in [-0.2, -0.15) is 0 Å². The summed E-state index contributed by atoms with van der Waals surface area (Å²) in [5.41, 5.74) is 2.46. The summed E-state index contributed by atoms with van der Waals surface area (Å²) in [5, 5.41) is 4.04. The number of rotatable bonds is 12. The largest absolute Gasteiger partial charge is 0.352 e. The molecule has 252 valence electrons. The third kappa shape index (κ3) is 9.11. The van der Waals surface area contributed by atoms with Crippen LogP contribution >= 0.6 is 34.8 Å². The highest BCUT2D eigenvalue weighted by atomic mass is 35.5. The Morgan fingerprint density at radius 3 is 2.10 bits per heavy atom. The first kappa shape index (κ1) is 35.7. The first-order chi connectivity index (χ1) is 23.0. The minimum atomic E-state index is -4.30. The number of halogens is 3. The monoisotopic (exact) mass is 725 g/mol. The van der Waals surface area contributed by atoms with Crippen LogP contribution in [0.25, 0.3) is 0 Å². The van der Waals surface area contributed by atoms with Gasteiger partial charge in [-0.3, -0.25) is 13.9 Å². The molecule has 7 nitrogen and oxygen atoms in total. The molecule has 4 aromatic carbocycles. The number of aryl methyl sites for hydroxylation is 1. The van der Waals surface area contributed by atoms with Crippen LogP contribution in [-0.4, -0.2) is 43.8 Å². The number of amides is 2. The maximum absolute atomic E-state index is 14.7. The predicted octanol–water partition coefficient (Wildman–Crippen LogP) is 8.24. The molecule has 0 aromatic heterocycles. The average molecular weight is 727 g/mol. The summed E-state index contributed by atoms with van der Waals surface area (Å²) in [6.45, 7) is 1.20. The highest BCUT2D eigenvalue weighted by Crippen LogP contribution is 2.31. The molecule has 1 N–H and O–H groups in total. The van der Waals surface area contributed by atoms with Crippen molar-refractivity contribution in [1.29, 1.82) is 0 Å². The second-order valence-corrected chi connectivity index (χ2v) is 15.3. The van der Waals surface area contributed by atoms with Crippen LogP contribution in [0.4, 0.5) is 5.69 Å². The predicted molar refractivity (Wildman–Crippen MR) is 193 cm³/mol. The van der Waals surface area contributed by atoms with Crippen molar-refractivity contribution in [3.8, 4) is 0 Å². The van der Waals surface area contributed by atoms with E-state index in [1.807, 2.05) is 37.3 Å². The second kappa shape index (κ2) is 16.2. The minimum Gasteiger partial charge on any atom is -0.352 e. The van der Waals surface area contributed by atoms with Crippen LogP contribution in [0.2, 0.25) is 15.1 Å². The normalized spacial score (nSPS) is 14.2. The first-order valence-corrected chi connectivity index (χ1v) is 18.5. The van der Waals surface area contributed by atoms with Crippen LogP contribution in [0.15, 0.2) is 102 Å². The number of sulfonamides is 1. The van der Waals surface area contributed by atoms with Gasteiger partial charge in [-0.1, -0.05) is 120 Å². The standard InChI is InChI=1S/C37H38Cl3N3O4S/c1-26-16-18-33(19-17-26)48(46,47)43(32-22-29(38)21-30(39)23-32)25-36(44)42(24-28-12-8-9-15-34(28)40)35(20-27-10-4-2-5-11-27)37(45)41-31-13-6-3-7-14-31/h2,4-5,8-12,15-19,21-23,31,35H,3,6-7,13-14,20,24-25H2,1H3,(H,41,45)/t35-/m0/s1. The molecule has 0 radical (unpaired) electrons. The maximum atomic E-state index is 14.7. The summed E-state index contributed by atoms with van der Waals surface area (Å²) >= 11 is 19.3. The molecule has 0 saturated heterocycles. The van der Waals surface area contributed by atoms with Gasteiger partial charge in [-0.15, -0.1) is 0 Å². The number of hydrogen-bond acceptors (Lipinski definition) is 4. The van der Waals surface area contributed by atoms with Crippen LogP contribution in [0.3, 0.4) is 0 Å².